The maximum absolute atomic E-state index is 12.3. The fourth-order valence-electron chi connectivity index (χ4n) is 2.94. The van der Waals surface area contributed by atoms with E-state index < -0.39 is 0 Å². The number of carbonyl (C=O) groups is 1. The van der Waals surface area contributed by atoms with Crippen molar-refractivity contribution in [2.45, 2.75) is 31.8 Å². The van der Waals surface area contributed by atoms with Gasteiger partial charge in [-0.05, 0) is 57.6 Å². The highest BCUT2D eigenvalue weighted by atomic mass is 16.5. The van der Waals surface area contributed by atoms with Gasteiger partial charge in [-0.15, -0.1) is 0 Å². The lowest BCUT2D eigenvalue weighted by Gasteiger charge is -2.32. The molecule has 0 heterocycles. The highest BCUT2D eigenvalue weighted by Gasteiger charge is 2.29. The Morgan fingerprint density at radius 3 is 2.48 bits per heavy atom. The van der Waals surface area contributed by atoms with Gasteiger partial charge in [0, 0.05) is 12.5 Å². The molecular formula is C17H25NO3. The van der Waals surface area contributed by atoms with Gasteiger partial charge in [0.1, 0.15) is 11.9 Å². The van der Waals surface area contributed by atoms with E-state index in [1.54, 1.807) is 31.4 Å². The van der Waals surface area contributed by atoms with Crippen molar-refractivity contribution >= 4 is 5.97 Å². The number of benzene rings is 1. The van der Waals surface area contributed by atoms with E-state index in [0.717, 1.165) is 31.6 Å². The molecule has 0 unspecified atom stereocenters. The minimum absolute atomic E-state index is 0.0377. The summed E-state index contributed by atoms with van der Waals surface area (Å²) in [5, 5.41) is 0. The third-order valence-electron chi connectivity index (χ3n) is 4.02. The number of hydrogen-bond donors (Lipinski definition) is 0. The van der Waals surface area contributed by atoms with Crippen molar-refractivity contribution in [3.05, 3.63) is 29.8 Å². The van der Waals surface area contributed by atoms with E-state index in [0.29, 0.717) is 11.5 Å². The van der Waals surface area contributed by atoms with Gasteiger partial charge in [-0.25, -0.2) is 4.79 Å². The first-order valence-electron chi connectivity index (χ1n) is 7.60. The lowest BCUT2D eigenvalue weighted by molar-refractivity contribution is -0.00324. The second-order valence-corrected chi connectivity index (χ2v) is 5.98. The minimum atomic E-state index is -0.228. The Bertz CT molecular complexity index is 456. The van der Waals surface area contributed by atoms with E-state index in [4.69, 9.17) is 9.47 Å². The Balaban J connectivity index is 1.98. The van der Waals surface area contributed by atoms with E-state index in [2.05, 4.69) is 19.0 Å². The van der Waals surface area contributed by atoms with Crippen LogP contribution in [-0.2, 0) is 4.74 Å². The van der Waals surface area contributed by atoms with Crippen molar-refractivity contribution in [2.24, 2.45) is 5.92 Å². The number of methoxy groups -OCH3 is 1. The molecule has 21 heavy (non-hydrogen) atoms. The van der Waals surface area contributed by atoms with Gasteiger partial charge in [-0.3, -0.25) is 0 Å². The normalized spacial score (nSPS) is 22.1. The average Bonchev–Trinajstić information content (AvgIpc) is 2.49. The van der Waals surface area contributed by atoms with Crippen LogP contribution in [0.3, 0.4) is 0 Å². The van der Waals surface area contributed by atoms with Crippen molar-refractivity contribution in [2.75, 3.05) is 27.7 Å². The molecule has 0 bridgehead atoms. The summed E-state index contributed by atoms with van der Waals surface area (Å²) in [4.78, 5) is 14.4. The summed E-state index contributed by atoms with van der Waals surface area (Å²) < 4.78 is 10.9. The molecule has 116 valence electrons. The van der Waals surface area contributed by atoms with Gasteiger partial charge in [0.2, 0.25) is 0 Å². The quantitative estimate of drug-likeness (QED) is 0.782. The zero-order valence-electron chi connectivity index (χ0n) is 13.2. The van der Waals surface area contributed by atoms with Crippen LogP contribution in [-0.4, -0.2) is 44.7 Å². The Labute approximate surface area is 127 Å². The molecule has 0 saturated heterocycles. The molecular weight excluding hydrogens is 266 g/mol. The number of hydrogen-bond acceptors (Lipinski definition) is 4. The summed E-state index contributed by atoms with van der Waals surface area (Å²) in [5.74, 6) is 0.957. The van der Waals surface area contributed by atoms with Gasteiger partial charge < -0.3 is 14.4 Å². The molecule has 0 aliphatic heterocycles. The Kier molecular flexibility index (Phi) is 5.62. The SMILES string of the molecule is COc1ccc(C(=O)O[C@@H]2CCCC[C@H]2CN(C)C)cc1. The molecule has 0 amide bonds. The smallest absolute Gasteiger partial charge is 0.338 e. The van der Waals surface area contributed by atoms with Crippen LogP contribution in [0, 0.1) is 5.92 Å². The van der Waals surface area contributed by atoms with Crippen molar-refractivity contribution in [1.82, 2.24) is 4.90 Å². The van der Waals surface area contributed by atoms with Crippen LogP contribution in [0.4, 0.5) is 0 Å². The molecule has 0 radical (unpaired) electrons. The van der Waals surface area contributed by atoms with Gasteiger partial charge >= 0.3 is 5.97 Å². The largest absolute Gasteiger partial charge is 0.497 e. The highest BCUT2D eigenvalue weighted by Crippen LogP contribution is 2.28. The molecule has 0 N–H and O–H groups in total. The Hall–Kier alpha value is -1.55. The molecule has 1 aromatic rings. The molecule has 4 nitrogen and oxygen atoms in total. The molecule has 2 rings (SSSR count). The van der Waals surface area contributed by atoms with Crippen LogP contribution in [0.15, 0.2) is 24.3 Å². The summed E-state index contributed by atoms with van der Waals surface area (Å²) in [6.45, 7) is 0.973. The molecule has 1 aromatic carbocycles. The number of esters is 1. The third kappa shape index (κ3) is 4.46. The second-order valence-electron chi connectivity index (χ2n) is 5.98. The fraction of sp³-hybridized carbons (Fsp3) is 0.588. The lowest BCUT2D eigenvalue weighted by Crippen LogP contribution is -2.36. The zero-order chi connectivity index (χ0) is 15.2. The van der Waals surface area contributed by atoms with Gasteiger partial charge in [-0.2, -0.15) is 0 Å². The number of ether oxygens (including phenoxy) is 2. The van der Waals surface area contributed by atoms with Crippen molar-refractivity contribution in [3.8, 4) is 5.75 Å². The van der Waals surface area contributed by atoms with Crippen LogP contribution in [0.25, 0.3) is 0 Å². The monoisotopic (exact) mass is 291 g/mol. The molecule has 0 aromatic heterocycles. The van der Waals surface area contributed by atoms with Gasteiger partial charge in [-0.1, -0.05) is 6.42 Å². The van der Waals surface area contributed by atoms with Gasteiger partial charge in [0.05, 0.1) is 12.7 Å². The standard InChI is InChI=1S/C17H25NO3/c1-18(2)12-14-6-4-5-7-16(14)21-17(19)13-8-10-15(20-3)11-9-13/h8-11,14,16H,4-7,12H2,1-3H3/t14-,16+/m0/s1. The first kappa shape index (κ1) is 15.8. The zero-order valence-corrected chi connectivity index (χ0v) is 13.2. The summed E-state index contributed by atoms with van der Waals surface area (Å²) in [6.07, 6.45) is 4.52. The Morgan fingerprint density at radius 1 is 1.19 bits per heavy atom. The van der Waals surface area contributed by atoms with Crippen molar-refractivity contribution in [1.29, 1.82) is 0 Å². The minimum Gasteiger partial charge on any atom is -0.497 e. The number of carbonyl (C=O) groups excluding carboxylic acids is 1. The molecule has 4 heteroatoms. The third-order valence-corrected chi connectivity index (χ3v) is 4.02. The van der Waals surface area contributed by atoms with E-state index in [1.165, 1.54) is 6.42 Å². The van der Waals surface area contributed by atoms with Gasteiger partial charge in [0.25, 0.3) is 0 Å². The molecule has 1 fully saturated rings. The summed E-state index contributed by atoms with van der Waals surface area (Å²) in [6, 6.07) is 7.08. The fourth-order valence-corrected chi connectivity index (χ4v) is 2.94. The number of rotatable bonds is 5. The first-order chi connectivity index (χ1) is 10.1. The average molecular weight is 291 g/mol. The molecule has 1 saturated carbocycles. The predicted molar refractivity (Wildman–Crippen MR) is 82.7 cm³/mol. The van der Waals surface area contributed by atoms with Crippen LogP contribution in [0.2, 0.25) is 0 Å². The van der Waals surface area contributed by atoms with Crippen LogP contribution >= 0.6 is 0 Å². The van der Waals surface area contributed by atoms with E-state index in [9.17, 15) is 4.79 Å². The topological polar surface area (TPSA) is 38.8 Å². The molecule has 1 aliphatic carbocycles. The predicted octanol–water partition coefficient (Wildman–Crippen LogP) is 2.97. The highest BCUT2D eigenvalue weighted by molar-refractivity contribution is 5.89. The van der Waals surface area contributed by atoms with Crippen LogP contribution < -0.4 is 4.74 Å². The summed E-state index contributed by atoms with van der Waals surface area (Å²) in [7, 11) is 5.75. The van der Waals surface area contributed by atoms with E-state index in [-0.39, 0.29) is 12.1 Å². The van der Waals surface area contributed by atoms with Crippen molar-refractivity contribution < 1.29 is 14.3 Å². The first-order valence-corrected chi connectivity index (χ1v) is 7.60. The maximum atomic E-state index is 12.3. The van der Waals surface area contributed by atoms with Crippen LogP contribution in [0.1, 0.15) is 36.0 Å². The molecule has 2 atom stereocenters. The Morgan fingerprint density at radius 2 is 1.86 bits per heavy atom. The van der Waals surface area contributed by atoms with Gasteiger partial charge in [0.15, 0.2) is 0 Å². The van der Waals surface area contributed by atoms with Crippen LogP contribution in [0.5, 0.6) is 5.75 Å². The lowest BCUT2D eigenvalue weighted by atomic mass is 9.86. The number of nitrogens with zero attached hydrogens (tertiary/aromatic N) is 1. The maximum Gasteiger partial charge on any atom is 0.338 e. The summed E-state index contributed by atoms with van der Waals surface area (Å²) >= 11 is 0. The van der Waals surface area contributed by atoms with E-state index in [1.807, 2.05) is 0 Å². The summed E-state index contributed by atoms with van der Waals surface area (Å²) in [5.41, 5.74) is 0.588. The second kappa shape index (κ2) is 7.46. The van der Waals surface area contributed by atoms with E-state index >= 15 is 0 Å². The molecule has 0 spiro atoms. The molecule has 1 aliphatic rings. The van der Waals surface area contributed by atoms with Crippen molar-refractivity contribution in [3.63, 3.8) is 0 Å².